The fourth-order valence-corrected chi connectivity index (χ4v) is 10.4. The molecule has 0 bridgehead atoms. The minimum atomic E-state index is -3.43. The van der Waals surface area contributed by atoms with Crippen molar-refractivity contribution in [3.05, 3.63) is 59.7 Å². The summed E-state index contributed by atoms with van der Waals surface area (Å²) in [6.07, 6.45) is 0. The molecule has 10 nitrogen and oxygen atoms in total. The Hall–Kier alpha value is -1.37. The summed E-state index contributed by atoms with van der Waals surface area (Å²) in [6, 6.07) is 13.2. The van der Waals surface area contributed by atoms with Crippen LogP contribution in [0, 0.1) is 13.8 Å². The normalized spacial score (nSPS) is 9.27. The average molecular weight is 879 g/mol. The van der Waals surface area contributed by atoms with Gasteiger partial charge in [-0.2, -0.15) is 0 Å². The zero-order chi connectivity index (χ0) is 25.2. The molecule has 0 saturated heterocycles. The molecule has 0 radical (unpaired) electrons. The number of benzene rings is 2. The van der Waals surface area contributed by atoms with Crippen LogP contribution in [0.1, 0.15) is 11.1 Å². The van der Waals surface area contributed by atoms with Gasteiger partial charge in [0.05, 0.1) is 0 Å². The summed E-state index contributed by atoms with van der Waals surface area (Å²) >= 11 is -2.88. The monoisotopic (exact) mass is 879 g/mol. The van der Waals surface area contributed by atoms with Crippen molar-refractivity contribution in [2.24, 2.45) is 5.80 Å². The van der Waals surface area contributed by atoms with Gasteiger partial charge in [-0.1, -0.05) is 12.9 Å². The van der Waals surface area contributed by atoms with E-state index in [1.165, 1.54) is 0 Å². The van der Waals surface area contributed by atoms with E-state index in [0.717, 1.165) is 11.1 Å². The van der Waals surface area contributed by atoms with E-state index >= 15 is 0 Å². The summed E-state index contributed by atoms with van der Waals surface area (Å²) in [5, 5.41) is 13.5. The van der Waals surface area contributed by atoms with Crippen LogP contribution in [-0.2, 0) is 62.8 Å². The standard InChI is InChI=1S/2C7H7NO2S.2CHO2.FH.2S.2W/c2*1-6-2-4-7(5-3-6)11(8,9)10;2*2-1-3;;;;;/h2*2-5H,1H3;2*(H,2,3);1H;;;;/q;;2*-1;;;;;/p-1. The Bertz CT molecular complexity index is 1080. The second-order valence-corrected chi connectivity index (χ2v) is 14.9. The van der Waals surface area contributed by atoms with E-state index in [1.807, 2.05) is 13.8 Å². The van der Waals surface area contributed by atoms with Gasteiger partial charge in [-0.05, 0) is 0 Å². The van der Waals surface area contributed by atoms with Gasteiger partial charge < -0.3 is 24.5 Å². The van der Waals surface area contributed by atoms with Gasteiger partial charge in [-0.3, -0.25) is 0 Å². The molecule has 2 aromatic carbocycles. The van der Waals surface area contributed by atoms with Crippen LogP contribution in [-0.4, -0.2) is 40.0 Å². The van der Waals surface area contributed by atoms with Crippen molar-refractivity contribution < 1.29 is 74.5 Å². The van der Waals surface area contributed by atoms with Gasteiger partial charge in [0.2, 0.25) is 0 Å². The van der Waals surface area contributed by atoms with Crippen molar-refractivity contribution in [3.8, 4) is 0 Å². The number of nitrogens with zero attached hydrogens (tertiary/aromatic N) is 2. The largest absolute Gasteiger partial charge is 1.00 e. The van der Waals surface area contributed by atoms with E-state index < -0.39 is 53.2 Å². The first-order valence-electron chi connectivity index (χ1n) is 7.64. The molecular weight excluding hydrogens is 863 g/mol. The predicted molar refractivity (Wildman–Crippen MR) is 113 cm³/mol. The van der Waals surface area contributed by atoms with Crippen LogP contribution in [0.15, 0.2) is 64.1 Å². The van der Waals surface area contributed by atoms with Crippen molar-refractivity contribution >= 4 is 52.6 Å². The topological polar surface area (TPSA) is 168 Å². The predicted octanol–water partition coefficient (Wildman–Crippen LogP) is 0.352. The maximum Gasteiger partial charge on any atom is -0.0744 e. The van der Waals surface area contributed by atoms with E-state index in [9.17, 15) is 16.8 Å². The number of aryl methyl sites for hydroxylation is 2. The molecule has 2 aromatic rings. The number of halogens is 1. The zero-order valence-electron chi connectivity index (χ0n) is 16.7. The van der Waals surface area contributed by atoms with Gasteiger partial charge in [0, 0.05) is 0 Å². The summed E-state index contributed by atoms with van der Waals surface area (Å²) in [6.45, 7) is 4.80. The second kappa shape index (κ2) is 20.0. The third-order valence-corrected chi connectivity index (χ3v) is 13.7. The van der Waals surface area contributed by atoms with Crippen molar-refractivity contribution in [2.45, 2.75) is 23.6 Å². The molecule has 0 amide bonds. The molecule has 0 unspecified atom stereocenters. The molecule has 2 rings (SSSR count). The molecule has 0 aromatic heterocycles. The molecule has 0 saturated carbocycles. The summed E-state index contributed by atoms with van der Waals surface area (Å²) in [7, 11) is 2.43. The van der Waals surface area contributed by atoms with Crippen LogP contribution in [0.4, 0.5) is 0 Å². The second-order valence-electron chi connectivity index (χ2n) is 5.06. The van der Waals surface area contributed by atoms with E-state index in [4.69, 9.17) is 19.8 Å². The summed E-state index contributed by atoms with van der Waals surface area (Å²) in [4.78, 5) is 16.9. The van der Waals surface area contributed by atoms with Gasteiger partial charge >= 0.3 is 179 Å². The quantitative estimate of drug-likeness (QED) is 0.410. The number of hydrogen-bond acceptors (Lipinski definition) is 8. The first kappa shape index (κ1) is 36.2. The molecule has 0 aliphatic heterocycles. The third-order valence-electron chi connectivity index (χ3n) is 2.89. The molecule has 0 aliphatic rings. The van der Waals surface area contributed by atoms with E-state index in [2.05, 4.69) is 25.4 Å². The first-order valence-corrected chi connectivity index (χ1v) is 21.0. The van der Waals surface area contributed by atoms with Crippen LogP contribution < -0.4 is 4.70 Å². The Morgan fingerprint density at radius 2 is 0.909 bits per heavy atom. The van der Waals surface area contributed by atoms with Gasteiger partial charge in [0.15, 0.2) is 0 Å². The Kier molecular flexibility index (Phi) is 22.0. The third kappa shape index (κ3) is 16.8. The van der Waals surface area contributed by atoms with Crippen LogP contribution in [0.5, 0.6) is 0 Å². The number of aliphatic hydroxyl groups excluding tert-OH is 2. The van der Waals surface area contributed by atoms with Crippen LogP contribution in [0.3, 0.4) is 0 Å². The number of sulfonamides is 2. The average Bonchev–Trinajstić information content (AvgIpc) is 2.70. The molecule has 0 spiro atoms. The smallest absolute Gasteiger partial charge is 0.0744 e. The Morgan fingerprint density at radius 1 is 0.697 bits per heavy atom. The summed E-state index contributed by atoms with van der Waals surface area (Å²) in [5.74, 6) is 0. The zero-order valence-corrected chi connectivity index (χ0v) is 25.8. The van der Waals surface area contributed by atoms with E-state index in [0.29, 0.717) is 12.9 Å². The summed E-state index contributed by atoms with van der Waals surface area (Å²) in [5.41, 5.74) is 2.05. The first-order chi connectivity index (χ1) is 14.9. The Labute approximate surface area is 214 Å². The molecule has 33 heavy (non-hydrogen) atoms. The van der Waals surface area contributed by atoms with E-state index in [-0.39, 0.29) is 14.5 Å². The maximum absolute atomic E-state index is 11.4. The van der Waals surface area contributed by atoms with Gasteiger partial charge in [0.25, 0.3) is 0 Å². The van der Waals surface area contributed by atoms with Gasteiger partial charge in [0.1, 0.15) is 0 Å². The molecule has 0 aliphatic carbocycles. The van der Waals surface area contributed by atoms with Crippen molar-refractivity contribution in [1.29, 1.82) is 0 Å². The Balaban J connectivity index is -0.000000430. The molecule has 0 fully saturated rings. The van der Waals surface area contributed by atoms with Crippen molar-refractivity contribution in [1.82, 2.24) is 0 Å². The molecule has 0 heterocycles. The molecule has 17 heteroatoms. The molecule has 2 N–H and O–H groups in total. The Morgan fingerprint density at radius 3 is 1.09 bits per heavy atom. The van der Waals surface area contributed by atoms with Crippen LogP contribution in [0.2, 0.25) is 0 Å². The molecule has 184 valence electrons. The van der Waals surface area contributed by atoms with Crippen molar-refractivity contribution in [3.63, 3.8) is 0 Å². The SMILES string of the molecule is Cc1ccc(S(=O)(=O)[N]=[W]=[S])cc1.Cc1ccc(S(=O)(=O)[N]=[W]=[S])cc1.O=[C-]O.O=[C-]O.[F-]. The summed E-state index contributed by atoms with van der Waals surface area (Å²) < 4.78 is 52.4. The molecule has 0 atom stereocenters. The maximum atomic E-state index is 11.4. The van der Waals surface area contributed by atoms with Crippen LogP contribution >= 0.6 is 19.6 Å². The molecular formula is C16H16FN2O8S4W2-3. The minimum Gasteiger partial charge on any atom is -1.00 e. The van der Waals surface area contributed by atoms with Crippen molar-refractivity contribution in [2.75, 3.05) is 0 Å². The minimum absolute atomic E-state index is 0. The van der Waals surface area contributed by atoms with Gasteiger partial charge in [-0.25, -0.2) is 0 Å². The fourth-order valence-electron chi connectivity index (χ4n) is 1.59. The van der Waals surface area contributed by atoms with Gasteiger partial charge in [-0.15, -0.1) is 0 Å². The number of rotatable bonds is 4. The van der Waals surface area contributed by atoms with E-state index in [1.54, 1.807) is 48.5 Å². The number of hydrogen-bond donors (Lipinski definition) is 2. The fraction of sp³-hybridized carbons (Fsp3) is 0.125. The van der Waals surface area contributed by atoms with Crippen LogP contribution in [0.25, 0.3) is 0 Å².